The fourth-order valence-corrected chi connectivity index (χ4v) is 3.39. The zero-order valence-corrected chi connectivity index (χ0v) is 15.8. The lowest BCUT2D eigenvalue weighted by molar-refractivity contribution is 0.224. The molecule has 2 aromatic rings. The molecule has 27 heavy (non-hydrogen) atoms. The first kappa shape index (κ1) is 19.2. The van der Waals surface area contributed by atoms with E-state index in [1.54, 1.807) is 18.4 Å². The van der Waals surface area contributed by atoms with Crippen molar-refractivity contribution in [3.63, 3.8) is 0 Å². The van der Waals surface area contributed by atoms with Gasteiger partial charge in [0.15, 0.2) is 0 Å². The number of urea groups is 1. The Morgan fingerprint density at radius 1 is 1.30 bits per heavy atom. The van der Waals surface area contributed by atoms with Crippen molar-refractivity contribution in [2.24, 2.45) is 5.92 Å². The average Bonchev–Trinajstić information content (AvgIpc) is 3.33. The molecule has 0 bridgehead atoms. The van der Waals surface area contributed by atoms with Crippen molar-refractivity contribution in [3.05, 3.63) is 54.2 Å². The highest BCUT2D eigenvalue weighted by molar-refractivity contribution is 5.73. The summed E-state index contributed by atoms with van der Waals surface area (Å²) in [5, 5.41) is 5.88. The Morgan fingerprint density at radius 2 is 2.07 bits per heavy atom. The van der Waals surface area contributed by atoms with Crippen LogP contribution in [0.2, 0.25) is 0 Å². The van der Waals surface area contributed by atoms with Crippen molar-refractivity contribution >= 4 is 11.7 Å². The summed E-state index contributed by atoms with van der Waals surface area (Å²) >= 11 is 0. The number of rotatable bonds is 7. The number of benzene rings is 1. The predicted molar refractivity (Wildman–Crippen MR) is 103 cm³/mol. The molecule has 1 aliphatic heterocycles. The van der Waals surface area contributed by atoms with Crippen molar-refractivity contribution in [3.8, 4) is 0 Å². The van der Waals surface area contributed by atoms with Gasteiger partial charge in [0.05, 0.1) is 12.3 Å². The first-order valence-electron chi connectivity index (χ1n) is 9.25. The molecule has 1 saturated heterocycles. The van der Waals surface area contributed by atoms with Crippen LogP contribution < -0.4 is 15.5 Å². The fraction of sp³-hybridized carbons (Fsp3) is 0.450. The van der Waals surface area contributed by atoms with E-state index in [-0.39, 0.29) is 17.9 Å². The maximum atomic E-state index is 13.0. The number of amides is 2. The molecule has 7 heteroatoms. The van der Waals surface area contributed by atoms with Crippen LogP contribution in [0.4, 0.5) is 14.9 Å². The average molecular weight is 374 g/mol. The summed E-state index contributed by atoms with van der Waals surface area (Å²) in [5.41, 5.74) is 1.02. The third-order valence-corrected chi connectivity index (χ3v) is 4.98. The molecule has 1 aliphatic rings. The normalized spacial score (nSPS) is 17.9. The molecule has 2 unspecified atom stereocenters. The molecule has 6 nitrogen and oxygen atoms in total. The van der Waals surface area contributed by atoms with E-state index in [1.165, 1.54) is 12.1 Å². The third-order valence-electron chi connectivity index (χ3n) is 4.98. The summed E-state index contributed by atoms with van der Waals surface area (Å²) in [6, 6.07) is 10.1. The summed E-state index contributed by atoms with van der Waals surface area (Å²) < 4.78 is 18.5. The second-order valence-corrected chi connectivity index (χ2v) is 7.16. The monoisotopic (exact) mass is 374 g/mol. The van der Waals surface area contributed by atoms with Gasteiger partial charge < -0.3 is 20.0 Å². The van der Waals surface area contributed by atoms with E-state index in [4.69, 9.17) is 4.42 Å². The van der Waals surface area contributed by atoms with Gasteiger partial charge in [0, 0.05) is 31.9 Å². The van der Waals surface area contributed by atoms with Crippen molar-refractivity contribution in [2.75, 3.05) is 45.2 Å². The lowest BCUT2D eigenvalue weighted by Crippen LogP contribution is -2.42. The molecule has 2 heterocycles. The third kappa shape index (κ3) is 5.23. The molecule has 0 aliphatic carbocycles. The van der Waals surface area contributed by atoms with E-state index in [9.17, 15) is 9.18 Å². The van der Waals surface area contributed by atoms with Crippen LogP contribution in [-0.2, 0) is 0 Å². The van der Waals surface area contributed by atoms with Crippen LogP contribution in [0.3, 0.4) is 0 Å². The second kappa shape index (κ2) is 8.90. The van der Waals surface area contributed by atoms with Crippen LogP contribution >= 0.6 is 0 Å². The zero-order chi connectivity index (χ0) is 19.2. The molecular weight excluding hydrogens is 347 g/mol. The summed E-state index contributed by atoms with van der Waals surface area (Å²) in [5.74, 6) is 0.986. The van der Waals surface area contributed by atoms with Gasteiger partial charge in [-0.25, -0.2) is 9.18 Å². The number of halogens is 1. The number of likely N-dealkylation sites (N-methyl/N-ethyl adjacent to an activating group) is 1. The van der Waals surface area contributed by atoms with Gasteiger partial charge in [-0.1, -0.05) is 0 Å². The smallest absolute Gasteiger partial charge is 0.314 e. The molecule has 1 aromatic heterocycles. The highest BCUT2D eigenvalue weighted by atomic mass is 19.1. The van der Waals surface area contributed by atoms with Crippen molar-refractivity contribution in [2.45, 2.75) is 12.5 Å². The van der Waals surface area contributed by atoms with Crippen LogP contribution in [0, 0.1) is 11.7 Å². The standard InChI is InChI=1S/C20H27FN4O2/c1-24(2)18(19-4-3-11-27-19)13-23-20(26)22-12-15-9-10-25(14-15)17-7-5-16(21)6-8-17/h3-8,11,15,18H,9-10,12-14H2,1-2H3,(H2,22,23,26). The van der Waals surface area contributed by atoms with Crippen LogP contribution in [0.1, 0.15) is 18.2 Å². The van der Waals surface area contributed by atoms with E-state index < -0.39 is 0 Å². The van der Waals surface area contributed by atoms with Crippen LogP contribution in [0.5, 0.6) is 0 Å². The summed E-state index contributed by atoms with van der Waals surface area (Å²) in [4.78, 5) is 16.4. The lowest BCUT2D eigenvalue weighted by atomic mass is 10.1. The Kier molecular flexibility index (Phi) is 6.34. The maximum absolute atomic E-state index is 13.0. The Hall–Kier alpha value is -2.54. The number of carbonyl (C=O) groups excluding carboxylic acids is 1. The first-order chi connectivity index (χ1) is 13.0. The highest BCUT2D eigenvalue weighted by Crippen LogP contribution is 2.23. The molecule has 2 N–H and O–H groups in total. The van der Waals surface area contributed by atoms with E-state index in [2.05, 4.69) is 15.5 Å². The van der Waals surface area contributed by atoms with E-state index in [0.29, 0.717) is 19.0 Å². The number of furan rings is 1. The number of anilines is 1. The summed E-state index contributed by atoms with van der Waals surface area (Å²) in [6.45, 7) is 2.87. The van der Waals surface area contributed by atoms with Crippen LogP contribution in [0.25, 0.3) is 0 Å². The number of hydrogen-bond donors (Lipinski definition) is 2. The Labute approximate surface area is 159 Å². The minimum atomic E-state index is -0.224. The predicted octanol–water partition coefficient (Wildman–Crippen LogP) is 2.85. The molecule has 146 valence electrons. The van der Waals surface area contributed by atoms with Gasteiger partial charge in [0.2, 0.25) is 0 Å². The van der Waals surface area contributed by atoms with Gasteiger partial charge in [-0.15, -0.1) is 0 Å². The van der Waals surface area contributed by atoms with Crippen molar-refractivity contribution in [1.29, 1.82) is 0 Å². The molecule has 0 saturated carbocycles. The number of nitrogens with zero attached hydrogens (tertiary/aromatic N) is 2. The molecular formula is C20H27FN4O2. The molecule has 1 aromatic carbocycles. The van der Waals surface area contributed by atoms with Crippen LogP contribution in [0.15, 0.2) is 47.1 Å². The topological polar surface area (TPSA) is 60.8 Å². The lowest BCUT2D eigenvalue weighted by Gasteiger charge is -2.23. The minimum absolute atomic E-state index is 0.00815. The zero-order valence-electron chi connectivity index (χ0n) is 15.8. The van der Waals surface area contributed by atoms with Gasteiger partial charge in [-0.3, -0.25) is 4.90 Å². The number of nitrogens with one attached hydrogen (secondary N) is 2. The second-order valence-electron chi connectivity index (χ2n) is 7.16. The minimum Gasteiger partial charge on any atom is -0.468 e. The van der Waals surface area contributed by atoms with Gasteiger partial charge in [-0.2, -0.15) is 0 Å². The Morgan fingerprint density at radius 3 is 2.74 bits per heavy atom. The van der Waals surface area contributed by atoms with Gasteiger partial charge in [0.25, 0.3) is 0 Å². The quantitative estimate of drug-likeness (QED) is 0.782. The molecule has 0 radical (unpaired) electrons. The van der Waals surface area contributed by atoms with Crippen molar-refractivity contribution < 1.29 is 13.6 Å². The Bertz CT molecular complexity index is 718. The Balaban J connectivity index is 1.41. The summed E-state index contributed by atoms with van der Waals surface area (Å²) in [6.07, 6.45) is 2.64. The SMILES string of the molecule is CN(C)C(CNC(=O)NCC1CCN(c2ccc(F)cc2)C1)c1ccco1. The van der Waals surface area contributed by atoms with Gasteiger partial charge >= 0.3 is 6.03 Å². The number of carbonyl (C=O) groups is 1. The molecule has 2 amide bonds. The molecule has 2 atom stereocenters. The number of hydrogen-bond acceptors (Lipinski definition) is 4. The van der Waals surface area contributed by atoms with Gasteiger partial charge in [-0.05, 0) is 62.8 Å². The molecule has 0 spiro atoms. The fourth-order valence-electron chi connectivity index (χ4n) is 3.39. The molecule has 1 fully saturated rings. The molecule has 3 rings (SSSR count). The van der Waals surface area contributed by atoms with E-state index >= 15 is 0 Å². The van der Waals surface area contributed by atoms with E-state index in [1.807, 2.05) is 31.1 Å². The van der Waals surface area contributed by atoms with E-state index in [0.717, 1.165) is 31.0 Å². The highest BCUT2D eigenvalue weighted by Gasteiger charge is 2.23. The van der Waals surface area contributed by atoms with Crippen molar-refractivity contribution in [1.82, 2.24) is 15.5 Å². The van der Waals surface area contributed by atoms with Crippen LogP contribution in [-0.4, -0.2) is 51.2 Å². The maximum Gasteiger partial charge on any atom is 0.314 e. The first-order valence-corrected chi connectivity index (χ1v) is 9.25. The summed E-state index contributed by atoms with van der Waals surface area (Å²) in [7, 11) is 3.91. The largest absolute Gasteiger partial charge is 0.468 e. The van der Waals surface area contributed by atoms with Gasteiger partial charge in [0.1, 0.15) is 11.6 Å².